The van der Waals surface area contributed by atoms with Crippen molar-refractivity contribution in [2.24, 2.45) is 0 Å². The molecule has 1 unspecified atom stereocenters. The van der Waals surface area contributed by atoms with Crippen LogP contribution in [0, 0.1) is 6.92 Å². The number of nitrogens with zero attached hydrogens (tertiary/aromatic N) is 1. The maximum atomic E-state index is 4.28. The molecule has 1 aliphatic heterocycles. The first-order valence-electron chi connectivity index (χ1n) is 6.29. The lowest BCUT2D eigenvalue weighted by molar-refractivity contribution is 0.435. The number of rotatable bonds is 1. The van der Waals surface area contributed by atoms with E-state index in [1.54, 1.807) is 0 Å². The third-order valence-corrected chi connectivity index (χ3v) is 3.96. The number of fused-ring (bicyclic) bond motifs is 1. The average Bonchev–Trinajstić information content (AvgIpc) is 2.77. The minimum absolute atomic E-state index is 0.151. The van der Waals surface area contributed by atoms with E-state index in [9.17, 15) is 0 Å². The van der Waals surface area contributed by atoms with Crippen molar-refractivity contribution in [1.82, 2.24) is 10.3 Å². The van der Waals surface area contributed by atoms with Crippen molar-refractivity contribution in [3.05, 3.63) is 41.7 Å². The predicted molar refractivity (Wildman–Crippen MR) is 71.1 cm³/mol. The van der Waals surface area contributed by atoms with Gasteiger partial charge in [0.15, 0.2) is 0 Å². The largest absolute Gasteiger partial charge is 0.308 e. The summed E-state index contributed by atoms with van der Waals surface area (Å²) in [7, 11) is 0. The van der Waals surface area contributed by atoms with Crippen molar-refractivity contribution < 1.29 is 0 Å². The van der Waals surface area contributed by atoms with Gasteiger partial charge in [0.2, 0.25) is 0 Å². The summed E-state index contributed by atoms with van der Waals surface area (Å²) in [5.74, 6) is 0. The van der Waals surface area contributed by atoms with Crippen LogP contribution >= 0.6 is 0 Å². The van der Waals surface area contributed by atoms with E-state index >= 15 is 0 Å². The Bertz CT molecular complexity index is 554. The van der Waals surface area contributed by atoms with Crippen LogP contribution in [-0.4, -0.2) is 11.5 Å². The SMILES string of the molecule is Cc1cncc2cc(C3(C)CCCN3)ccc12. The highest BCUT2D eigenvalue weighted by atomic mass is 15.0. The molecule has 1 fully saturated rings. The highest BCUT2D eigenvalue weighted by molar-refractivity contribution is 5.85. The zero-order valence-electron chi connectivity index (χ0n) is 10.5. The standard InChI is InChI=1S/C15H18N2/c1-11-9-16-10-12-8-13(4-5-14(11)12)15(2)6-3-7-17-15/h4-5,8-10,17H,3,6-7H2,1-2H3. The van der Waals surface area contributed by atoms with Crippen molar-refractivity contribution in [2.75, 3.05) is 6.54 Å². The fourth-order valence-corrected chi connectivity index (χ4v) is 2.81. The zero-order chi connectivity index (χ0) is 11.9. The molecule has 0 bridgehead atoms. The lowest BCUT2D eigenvalue weighted by atomic mass is 9.89. The quantitative estimate of drug-likeness (QED) is 0.808. The van der Waals surface area contributed by atoms with Gasteiger partial charge in [-0.1, -0.05) is 12.1 Å². The van der Waals surface area contributed by atoms with Crippen molar-refractivity contribution in [1.29, 1.82) is 0 Å². The van der Waals surface area contributed by atoms with E-state index < -0.39 is 0 Å². The van der Waals surface area contributed by atoms with Crippen molar-refractivity contribution in [2.45, 2.75) is 32.2 Å². The summed E-state index contributed by atoms with van der Waals surface area (Å²) >= 11 is 0. The molecule has 2 aromatic rings. The fourth-order valence-electron chi connectivity index (χ4n) is 2.81. The summed E-state index contributed by atoms with van der Waals surface area (Å²) in [6.07, 6.45) is 6.38. The number of aryl methyl sites for hydroxylation is 1. The first-order valence-corrected chi connectivity index (χ1v) is 6.29. The van der Waals surface area contributed by atoms with Crippen LogP contribution in [0.25, 0.3) is 10.8 Å². The van der Waals surface area contributed by atoms with Gasteiger partial charge in [-0.05, 0) is 55.8 Å². The molecule has 1 atom stereocenters. The molecule has 1 aromatic heterocycles. The first kappa shape index (κ1) is 10.7. The van der Waals surface area contributed by atoms with Crippen LogP contribution in [0.3, 0.4) is 0 Å². The summed E-state index contributed by atoms with van der Waals surface area (Å²) in [6, 6.07) is 6.77. The lowest BCUT2D eigenvalue weighted by Gasteiger charge is -2.25. The minimum atomic E-state index is 0.151. The van der Waals surface area contributed by atoms with Gasteiger partial charge in [0.05, 0.1) is 0 Å². The molecule has 1 aromatic carbocycles. The molecule has 0 aliphatic carbocycles. The van der Waals surface area contributed by atoms with Crippen LogP contribution in [-0.2, 0) is 5.54 Å². The number of pyridine rings is 1. The Kier molecular flexibility index (Phi) is 2.40. The second-order valence-electron chi connectivity index (χ2n) is 5.25. The van der Waals surface area contributed by atoms with Crippen LogP contribution in [0.1, 0.15) is 30.9 Å². The zero-order valence-corrected chi connectivity index (χ0v) is 10.5. The van der Waals surface area contributed by atoms with Crippen LogP contribution in [0.15, 0.2) is 30.6 Å². The molecule has 0 saturated carbocycles. The second kappa shape index (κ2) is 3.81. The molecule has 2 heterocycles. The molecule has 1 N–H and O–H groups in total. The summed E-state index contributed by atoms with van der Waals surface area (Å²) in [4.78, 5) is 4.28. The predicted octanol–water partition coefficient (Wildman–Crippen LogP) is 3.14. The monoisotopic (exact) mass is 226 g/mol. The Morgan fingerprint density at radius 2 is 2.18 bits per heavy atom. The third kappa shape index (κ3) is 1.73. The molecule has 1 aliphatic rings. The van der Waals surface area contributed by atoms with Crippen molar-refractivity contribution in [3.8, 4) is 0 Å². The fraction of sp³-hybridized carbons (Fsp3) is 0.400. The maximum absolute atomic E-state index is 4.28. The molecule has 2 nitrogen and oxygen atoms in total. The van der Waals surface area contributed by atoms with Gasteiger partial charge in [0.1, 0.15) is 0 Å². The van der Waals surface area contributed by atoms with Crippen molar-refractivity contribution >= 4 is 10.8 Å². The Morgan fingerprint density at radius 1 is 1.29 bits per heavy atom. The topological polar surface area (TPSA) is 24.9 Å². The Balaban J connectivity index is 2.14. The first-order chi connectivity index (χ1) is 8.19. The van der Waals surface area contributed by atoms with Gasteiger partial charge >= 0.3 is 0 Å². The smallest absolute Gasteiger partial charge is 0.0406 e. The van der Waals surface area contributed by atoms with Gasteiger partial charge in [-0.25, -0.2) is 0 Å². The van der Waals surface area contributed by atoms with E-state index in [-0.39, 0.29) is 5.54 Å². The molecule has 2 heteroatoms. The van der Waals surface area contributed by atoms with Gasteiger partial charge in [-0.2, -0.15) is 0 Å². The van der Waals surface area contributed by atoms with E-state index in [2.05, 4.69) is 42.3 Å². The maximum Gasteiger partial charge on any atom is 0.0406 e. The molecule has 1 saturated heterocycles. The number of hydrogen-bond acceptors (Lipinski definition) is 2. The average molecular weight is 226 g/mol. The van der Waals surface area contributed by atoms with E-state index in [0.29, 0.717) is 0 Å². The van der Waals surface area contributed by atoms with Crippen LogP contribution in [0.4, 0.5) is 0 Å². The van der Waals surface area contributed by atoms with Gasteiger partial charge in [0.25, 0.3) is 0 Å². The van der Waals surface area contributed by atoms with E-state index in [1.165, 1.54) is 34.7 Å². The van der Waals surface area contributed by atoms with Crippen LogP contribution in [0.2, 0.25) is 0 Å². The Hall–Kier alpha value is -1.41. The normalized spacial score (nSPS) is 24.4. The number of aromatic nitrogens is 1. The van der Waals surface area contributed by atoms with Gasteiger partial charge in [-0.3, -0.25) is 4.98 Å². The molecule has 0 spiro atoms. The summed E-state index contributed by atoms with van der Waals surface area (Å²) in [5.41, 5.74) is 2.78. The summed E-state index contributed by atoms with van der Waals surface area (Å²) in [5, 5.41) is 6.17. The molecular weight excluding hydrogens is 208 g/mol. The summed E-state index contributed by atoms with van der Waals surface area (Å²) in [6.45, 7) is 5.54. The third-order valence-electron chi connectivity index (χ3n) is 3.96. The van der Waals surface area contributed by atoms with E-state index in [0.717, 1.165) is 6.54 Å². The van der Waals surface area contributed by atoms with E-state index in [1.807, 2.05) is 12.4 Å². The van der Waals surface area contributed by atoms with Gasteiger partial charge in [0, 0.05) is 23.3 Å². The molecule has 3 rings (SSSR count). The summed E-state index contributed by atoms with van der Waals surface area (Å²) < 4.78 is 0. The van der Waals surface area contributed by atoms with Gasteiger partial charge < -0.3 is 5.32 Å². The van der Waals surface area contributed by atoms with Crippen LogP contribution < -0.4 is 5.32 Å². The lowest BCUT2D eigenvalue weighted by Crippen LogP contribution is -2.32. The highest BCUT2D eigenvalue weighted by Crippen LogP contribution is 2.32. The van der Waals surface area contributed by atoms with Gasteiger partial charge in [-0.15, -0.1) is 0 Å². The number of benzene rings is 1. The number of hydrogen-bond donors (Lipinski definition) is 1. The molecule has 17 heavy (non-hydrogen) atoms. The van der Waals surface area contributed by atoms with Crippen molar-refractivity contribution in [3.63, 3.8) is 0 Å². The molecule has 0 radical (unpaired) electrons. The second-order valence-corrected chi connectivity index (χ2v) is 5.25. The Morgan fingerprint density at radius 3 is 2.94 bits per heavy atom. The molecule has 88 valence electrons. The minimum Gasteiger partial charge on any atom is -0.308 e. The molecular formula is C15H18N2. The van der Waals surface area contributed by atoms with Crippen LogP contribution in [0.5, 0.6) is 0 Å². The Labute approximate surface area is 102 Å². The number of nitrogens with one attached hydrogen (secondary N) is 1. The molecule has 0 amide bonds. The van der Waals surface area contributed by atoms with E-state index in [4.69, 9.17) is 0 Å². The highest BCUT2D eigenvalue weighted by Gasteiger charge is 2.29.